The van der Waals surface area contributed by atoms with Crippen LogP contribution in [-0.4, -0.2) is 64.4 Å². The van der Waals surface area contributed by atoms with Crippen molar-refractivity contribution in [2.24, 2.45) is 0 Å². The summed E-state index contributed by atoms with van der Waals surface area (Å²) in [7, 11) is 1.33. The predicted octanol–water partition coefficient (Wildman–Crippen LogP) is 1.05. The van der Waals surface area contributed by atoms with Gasteiger partial charge in [0, 0.05) is 24.8 Å². The normalized spacial score (nSPS) is 16.5. The Morgan fingerprint density at radius 2 is 1.97 bits per heavy atom. The van der Waals surface area contributed by atoms with Crippen LogP contribution in [0.3, 0.4) is 0 Å². The molecule has 1 N–H and O–H groups in total. The van der Waals surface area contributed by atoms with Crippen LogP contribution in [0.1, 0.15) is 69.7 Å². The summed E-state index contributed by atoms with van der Waals surface area (Å²) in [5, 5.41) is 9.55. The zero-order chi connectivity index (χ0) is 25.3. The van der Waals surface area contributed by atoms with Crippen molar-refractivity contribution in [2.75, 3.05) is 31.7 Å². The summed E-state index contributed by atoms with van der Waals surface area (Å²) in [4.78, 5) is 31.0. The molecular formula is C25H36N3NaO6. The van der Waals surface area contributed by atoms with Crippen LogP contribution in [0, 0.1) is 6.92 Å². The number of piperidine rings is 1. The van der Waals surface area contributed by atoms with E-state index in [1.54, 1.807) is 16.5 Å². The molecule has 1 aliphatic heterocycles. The number of hydrogen-bond donors (Lipinski definition) is 1. The van der Waals surface area contributed by atoms with Crippen molar-refractivity contribution < 1.29 is 59.9 Å². The van der Waals surface area contributed by atoms with Crippen molar-refractivity contribution in [3.05, 3.63) is 41.7 Å². The van der Waals surface area contributed by atoms with E-state index in [1.165, 1.54) is 13.3 Å². The number of imidazole rings is 1. The maximum Gasteiger partial charge on any atom is 1.00 e. The van der Waals surface area contributed by atoms with E-state index in [0.29, 0.717) is 36.7 Å². The van der Waals surface area contributed by atoms with Gasteiger partial charge in [-0.15, -0.1) is 6.58 Å². The van der Waals surface area contributed by atoms with Gasteiger partial charge in [0.05, 0.1) is 24.9 Å². The van der Waals surface area contributed by atoms with E-state index < -0.39 is 23.6 Å². The maximum atomic E-state index is 12.9. The van der Waals surface area contributed by atoms with Gasteiger partial charge in [0.15, 0.2) is 11.8 Å². The van der Waals surface area contributed by atoms with Crippen LogP contribution >= 0.6 is 0 Å². The van der Waals surface area contributed by atoms with E-state index in [0.717, 1.165) is 18.4 Å². The first kappa shape index (κ1) is 29.3. The molecule has 0 amide bonds. The summed E-state index contributed by atoms with van der Waals surface area (Å²) in [6.45, 7) is 15.1. The largest absolute Gasteiger partial charge is 1.00 e. The number of hydrogen-bond acceptors (Lipinski definition) is 7. The van der Waals surface area contributed by atoms with E-state index in [2.05, 4.69) is 23.4 Å². The van der Waals surface area contributed by atoms with Gasteiger partial charge in [-0.25, -0.2) is 14.6 Å². The van der Waals surface area contributed by atoms with Gasteiger partial charge in [-0.2, -0.15) is 0 Å². The molecule has 0 aromatic carbocycles. The minimum atomic E-state index is -1.12. The number of aromatic nitrogens is 2. The number of pyridine rings is 1. The number of anilines is 1. The Morgan fingerprint density at radius 3 is 2.49 bits per heavy atom. The Labute approximate surface area is 230 Å². The summed E-state index contributed by atoms with van der Waals surface area (Å²) >= 11 is 0. The number of rotatable bonds is 8. The predicted molar refractivity (Wildman–Crippen MR) is 130 cm³/mol. The summed E-state index contributed by atoms with van der Waals surface area (Å²) in [5.41, 5.74) is 0.904. The van der Waals surface area contributed by atoms with Gasteiger partial charge < -0.3 is 25.6 Å². The smallest absolute Gasteiger partial charge is 1.00 e. The molecule has 3 heterocycles. The van der Waals surface area contributed by atoms with Gasteiger partial charge in [-0.05, 0) is 59.1 Å². The first-order chi connectivity index (χ1) is 15.9. The number of carboxylic acids is 1. The minimum Gasteiger partial charge on any atom is -1.00 e. The first-order valence-corrected chi connectivity index (χ1v) is 11.4. The molecule has 10 heteroatoms. The minimum absolute atomic E-state index is 0. The summed E-state index contributed by atoms with van der Waals surface area (Å²) in [5.74, 6) is -0.956. The third kappa shape index (κ3) is 6.65. The molecule has 188 valence electrons. The molecule has 0 unspecified atom stereocenters. The third-order valence-electron chi connectivity index (χ3n) is 6.01. The molecule has 2 aromatic heterocycles. The van der Waals surface area contributed by atoms with Gasteiger partial charge in [-0.1, -0.05) is 6.08 Å². The Hall–Kier alpha value is -1.91. The fourth-order valence-corrected chi connectivity index (χ4v) is 4.27. The number of carboxylic acid groups (broad SMARTS) is 1. The molecule has 1 aliphatic rings. The standard InChI is InChI=1S/C25H35N3O6.Na.H/c1-8-13-33-25(6)9-11-27(12-10-25)21-19(20(23(31)32-7)34-24(3,4)5)16(2)14-18-26-17(22(29)30)15-28(18)21;;/h8,14-15,20H,1,9-13H2,2-7H3,(H,29,30);;/q;+1;-1/t20-;;/m0../s1. The number of carbonyl (C=O) groups is 2. The number of aryl methyl sites for hydroxylation is 1. The average Bonchev–Trinajstić information content (AvgIpc) is 3.19. The van der Waals surface area contributed by atoms with Crippen molar-refractivity contribution >= 4 is 23.4 Å². The third-order valence-corrected chi connectivity index (χ3v) is 6.01. The number of nitrogens with zero attached hydrogens (tertiary/aromatic N) is 3. The Balaban J connectivity index is 0.00000324. The van der Waals surface area contributed by atoms with Gasteiger partial charge in [0.25, 0.3) is 0 Å². The molecule has 1 fully saturated rings. The molecular weight excluding hydrogens is 461 g/mol. The molecule has 3 rings (SSSR count). The Morgan fingerprint density at radius 1 is 1.34 bits per heavy atom. The van der Waals surface area contributed by atoms with Crippen LogP contribution in [0.2, 0.25) is 0 Å². The van der Waals surface area contributed by atoms with E-state index in [9.17, 15) is 14.7 Å². The number of ether oxygens (including phenoxy) is 3. The monoisotopic (exact) mass is 497 g/mol. The second-order valence-corrected chi connectivity index (χ2v) is 9.89. The number of carbonyl (C=O) groups excluding carboxylic acids is 1. The fraction of sp³-hybridized carbons (Fsp3) is 0.560. The number of fused-ring (bicyclic) bond motifs is 1. The van der Waals surface area contributed by atoms with Gasteiger partial charge in [0.1, 0.15) is 11.5 Å². The van der Waals surface area contributed by atoms with E-state index >= 15 is 0 Å². The number of methoxy groups -OCH3 is 1. The first-order valence-electron chi connectivity index (χ1n) is 11.4. The Bertz CT molecular complexity index is 1090. The fourth-order valence-electron chi connectivity index (χ4n) is 4.27. The maximum absolute atomic E-state index is 12.9. The molecule has 1 atom stereocenters. The van der Waals surface area contributed by atoms with Crippen LogP contribution in [0.5, 0.6) is 0 Å². The van der Waals surface area contributed by atoms with Crippen LogP contribution in [0.25, 0.3) is 5.65 Å². The Kier molecular flexibility index (Phi) is 9.58. The summed E-state index contributed by atoms with van der Waals surface area (Å²) < 4.78 is 19.1. The molecule has 0 saturated carbocycles. The van der Waals surface area contributed by atoms with E-state index in [-0.39, 0.29) is 42.3 Å². The average molecular weight is 498 g/mol. The SMILES string of the molecule is C=CCOC1(C)CCN(c2c([C@H](OC(C)(C)C)C(=O)OC)c(C)cc3nc(C(=O)O)cn23)CC1.[H-].[Na+]. The van der Waals surface area contributed by atoms with Crippen molar-refractivity contribution in [2.45, 2.75) is 64.8 Å². The van der Waals surface area contributed by atoms with Crippen molar-refractivity contribution in [3.8, 4) is 0 Å². The van der Waals surface area contributed by atoms with Crippen LogP contribution < -0.4 is 34.5 Å². The van der Waals surface area contributed by atoms with Gasteiger partial charge >= 0.3 is 41.5 Å². The zero-order valence-electron chi connectivity index (χ0n) is 22.9. The molecule has 0 bridgehead atoms. The van der Waals surface area contributed by atoms with Crippen LogP contribution in [0.15, 0.2) is 24.9 Å². The van der Waals surface area contributed by atoms with E-state index in [4.69, 9.17) is 14.2 Å². The zero-order valence-corrected chi connectivity index (χ0v) is 23.9. The molecule has 9 nitrogen and oxygen atoms in total. The van der Waals surface area contributed by atoms with Crippen molar-refractivity contribution in [1.82, 2.24) is 9.38 Å². The molecule has 0 aliphatic carbocycles. The van der Waals surface area contributed by atoms with Crippen LogP contribution in [-0.2, 0) is 19.0 Å². The molecule has 1 saturated heterocycles. The number of esters is 1. The molecule has 2 aromatic rings. The molecule has 35 heavy (non-hydrogen) atoms. The second-order valence-electron chi connectivity index (χ2n) is 9.89. The molecule has 0 spiro atoms. The summed E-state index contributed by atoms with van der Waals surface area (Å²) in [6, 6.07) is 1.77. The van der Waals surface area contributed by atoms with Crippen molar-refractivity contribution in [1.29, 1.82) is 0 Å². The van der Waals surface area contributed by atoms with Gasteiger partial charge in [-0.3, -0.25) is 4.40 Å². The van der Waals surface area contributed by atoms with Crippen molar-refractivity contribution in [3.63, 3.8) is 0 Å². The van der Waals surface area contributed by atoms with Crippen LogP contribution in [0.4, 0.5) is 5.82 Å². The number of aromatic carboxylic acids is 1. The quantitative estimate of drug-likeness (QED) is 0.328. The van der Waals surface area contributed by atoms with Gasteiger partial charge in [0.2, 0.25) is 0 Å². The van der Waals surface area contributed by atoms with E-state index in [1.807, 2.05) is 27.7 Å². The molecule has 0 radical (unpaired) electrons. The topological polar surface area (TPSA) is 103 Å². The summed E-state index contributed by atoms with van der Waals surface area (Å²) in [6.07, 6.45) is 3.73. The second kappa shape index (κ2) is 11.4.